The van der Waals surface area contributed by atoms with Gasteiger partial charge < -0.3 is 10.4 Å². The van der Waals surface area contributed by atoms with Crippen LogP contribution in [0.15, 0.2) is 0 Å². The van der Waals surface area contributed by atoms with Crippen LogP contribution >= 0.6 is 0 Å². The Morgan fingerprint density at radius 2 is 2.50 bits per heavy atom. The Morgan fingerprint density at radius 3 is 2.88 bits per heavy atom. The third kappa shape index (κ3) is 1.20. The third-order valence-corrected chi connectivity index (χ3v) is 1.24. The van der Waals surface area contributed by atoms with Crippen LogP contribution in [0, 0.1) is 0 Å². The molecular weight excluding hydrogens is 106 g/mol. The molecule has 0 aliphatic carbocycles. The fourth-order valence-corrected chi connectivity index (χ4v) is 0.720. The lowest BCUT2D eigenvalue weighted by Crippen LogP contribution is -2.37. The number of aliphatic hydroxyl groups is 1. The first-order valence-electron chi connectivity index (χ1n) is 2.74. The molecule has 1 rings (SSSR count). The van der Waals surface area contributed by atoms with Crippen molar-refractivity contribution in [1.82, 2.24) is 5.32 Å². The lowest BCUT2D eigenvalue weighted by molar-refractivity contribution is -0.123. The number of hydrogen-bond donors (Lipinski definition) is 2. The highest BCUT2D eigenvalue weighted by molar-refractivity contribution is 5.76. The summed E-state index contributed by atoms with van der Waals surface area (Å²) in [5, 5.41) is 11.4. The van der Waals surface area contributed by atoms with E-state index >= 15 is 0 Å². The molecule has 0 bridgehead atoms. The third-order valence-electron chi connectivity index (χ3n) is 1.24. The second-order valence-corrected chi connectivity index (χ2v) is 2.00. The summed E-state index contributed by atoms with van der Waals surface area (Å²) in [4.78, 5) is 10.4. The van der Waals surface area contributed by atoms with Crippen LogP contribution in [0.1, 0.15) is 12.8 Å². The van der Waals surface area contributed by atoms with Gasteiger partial charge in [0.25, 0.3) is 0 Å². The normalized spacial score (nSPS) is 29.6. The summed E-state index contributed by atoms with van der Waals surface area (Å²) in [6, 6.07) is 0. The molecule has 1 fully saturated rings. The second-order valence-electron chi connectivity index (χ2n) is 2.00. The Hall–Kier alpha value is -0.570. The Kier molecular flexibility index (Phi) is 1.48. The Morgan fingerprint density at radius 1 is 1.75 bits per heavy atom. The van der Waals surface area contributed by atoms with E-state index < -0.39 is 0 Å². The zero-order valence-electron chi connectivity index (χ0n) is 4.55. The summed E-state index contributed by atoms with van der Waals surface area (Å²) in [7, 11) is 0. The number of aliphatic hydroxyl groups excluding tert-OH is 1. The van der Waals surface area contributed by atoms with E-state index in [2.05, 4.69) is 5.32 Å². The van der Waals surface area contributed by atoms with E-state index in [0.29, 0.717) is 19.4 Å². The van der Waals surface area contributed by atoms with Gasteiger partial charge in [-0.25, -0.2) is 0 Å². The van der Waals surface area contributed by atoms with Crippen molar-refractivity contribution in [3.8, 4) is 0 Å². The van der Waals surface area contributed by atoms with Crippen molar-refractivity contribution in [2.45, 2.75) is 18.9 Å². The molecule has 0 radical (unpaired) electrons. The predicted octanol–water partition coefficient (Wildman–Crippen LogP) is -0.743. The SMILES string of the molecule is O=C1CCC(O)CN1. The zero-order valence-corrected chi connectivity index (χ0v) is 4.55. The quantitative estimate of drug-likeness (QED) is 0.436. The van der Waals surface area contributed by atoms with Gasteiger partial charge in [0.1, 0.15) is 0 Å². The maximum atomic E-state index is 10.4. The highest BCUT2D eigenvalue weighted by atomic mass is 16.3. The highest BCUT2D eigenvalue weighted by Crippen LogP contribution is 2.00. The number of amides is 1. The first-order chi connectivity index (χ1) is 3.79. The molecule has 0 aromatic heterocycles. The Bertz CT molecular complexity index is 92.6. The van der Waals surface area contributed by atoms with Gasteiger partial charge in [-0.1, -0.05) is 0 Å². The smallest absolute Gasteiger partial charge is 0.220 e. The molecule has 1 aliphatic heterocycles. The first kappa shape index (κ1) is 5.56. The number of piperidine rings is 1. The minimum Gasteiger partial charge on any atom is -0.391 e. The molecule has 1 saturated heterocycles. The van der Waals surface area contributed by atoms with E-state index in [1.807, 2.05) is 0 Å². The summed E-state index contributed by atoms with van der Waals surface area (Å²) in [6.45, 7) is 0.429. The van der Waals surface area contributed by atoms with Gasteiger partial charge in [-0.15, -0.1) is 0 Å². The van der Waals surface area contributed by atoms with Gasteiger partial charge in [0.15, 0.2) is 0 Å². The van der Waals surface area contributed by atoms with E-state index in [9.17, 15) is 4.79 Å². The van der Waals surface area contributed by atoms with Crippen LogP contribution in [0.25, 0.3) is 0 Å². The minimum absolute atomic E-state index is 0.0512. The van der Waals surface area contributed by atoms with Gasteiger partial charge in [-0.2, -0.15) is 0 Å². The van der Waals surface area contributed by atoms with Crippen LogP contribution in [-0.2, 0) is 4.79 Å². The highest BCUT2D eigenvalue weighted by Gasteiger charge is 2.13. The van der Waals surface area contributed by atoms with Gasteiger partial charge in [0.05, 0.1) is 6.10 Å². The van der Waals surface area contributed by atoms with Crippen molar-refractivity contribution in [1.29, 1.82) is 0 Å². The van der Waals surface area contributed by atoms with Gasteiger partial charge in [-0.05, 0) is 6.42 Å². The van der Waals surface area contributed by atoms with Crippen molar-refractivity contribution in [3.05, 3.63) is 0 Å². The van der Waals surface area contributed by atoms with E-state index in [4.69, 9.17) is 5.11 Å². The van der Waals surface area contributed by atoms with Crippen LogP contribution in [0.5, 0.6) is 0 Å². The maximum absolute atomic E-state index is 10.4. The average Bonchev–Trinajstić information content (AvgIpc) is 1.77. The van der Waals surface area contributed by atoms with Crippen molar-refractivity contribution in [2.75, 3.05) is 6.54 Å². The molecule has 3 heteroatoms. The number of hydrogen-bond acceptors (Lipinski definition) is 2. The Labute approximate surface area is 47.7 Å². The van der Waals surface area contributed by atoms with E-state index in [-0.39, 0.29) is 12.0 Å². The molecule has 1 unspecified atom stereocenters. The molecule has 0 aromatic rings. The van der Waals surface area contributed by atoms with Crippen LogP contribution in [-0.4, -0.2) is 23.7 Å². The van der Waals surface area contributed by atoms with Crippen LogP contribution in [0.4, 0.5) is 0 Å². The molecular formula is C5H9NO2. The molecule has 1 aliphatic rings. The number of carbonyl (C=O) groups is 1. The second kappa shape index (κ2) is 2.13. The molecule has 1 atom stereocenters. The van der Waals surface area contributed by atoms with E-state index in [1.54, 1.807) is 0 Å². The van der Waals surface area contributed by atoms with Gasteiger partial charge >= 0.3 is 0 Å². The van der Waals surface area contributed by atoms with Gasteiger partial charge in [-0.3, -0.25) is 4.79 Å². The monoisotopic (exact) mass is 115 g/mol. The summed E-state index contributed by atoms with van der Waals surface area (Å²) in [5.41, 5.74) is 0. The first-order valence-corrected chi connectivity index (χ1v) is 2.74. The van der Waals surface area contributed by atoms with Crippen LogP contribution in [0.3, 0.4) is 0 Å². The molecule has 8 heavy (non-hydrogen) atoms. The molecule has 0 saturated carbocycles. The lowest BCUT2D eigenvalue weighted by atomic mass is 10.1. The standard InChI is InChI=1S/C5H9NO2/c7-4-1-2-5(8)6-3-4/h4,7H,1-3H2,(H,6,8). The van der Waals surface area contributed by atoms with Gasteiger partial charge in [0, 0.05) is 13.0 Å². The number of rotatable bonds is 0. The summed E-state index contributed by atoms with van der Waals surface area (Å²) in [6.07, 6.45) is 0.778. The molecule has 0 spiro atoms. The molecule has 0 aromatic carbocycles. The predicted molar refractivity (Wildman–Crippen MR) is 28.3 cm³/mol. The molecule has 2 N–H and O–H groups in total. The molecule has 1 heterocycles. The summed E-state index contributed by atoms with van der Waals surface area (Å²) >= 11 is 0. The van der Waals surface area contributed by atoms with Crippen molar-refractivity contribution < 1.29 is 9.90 Å². The van der Waals surface area contributed by atoms with Crippen molar-refractivity contribution in [2.24, 2.45) is 0 Å². The lowest BCUT2D eigenvalue weighted by Gasteiger charge is -2.16. The minimum atomic E-state index is -0.312. The topological polar surface area (TPSA) is 49.3 Å². The Balaban J connectivity index is 2.29. The largest absolute Gasteiger partial charge is 0.391 e. The fourth-order valence-electron chi connectivity index (χ4n) is 0.720. The molecule has 1 amide bonds. The van der Waals surface area contributed by atoms with E-state index in [1.165, 1.54) is 0 Å². The van der Waals surface area contributed by atoms with Gasteiger partial charge in [0.2, 0.25) is 5.91 Å². The van der Waals surface area contributed by atoms with Crippen LogP contribution in [0.2, 0.25) is 0 Å². The van der Waals surface area contributed by atoms with Crippen molar-refractivity contribution in [3.63, 3.8) is 0 Å². The van der Waals surface area contributed by atoms with Crippen molar-refractivity contribution >= 4 is 5.91 Å². The number of nitrogens with one attached hydrogen (secondary N) is 1. The zero-order chi connectivity index (χ0) is 5.98. The van der Waals surface area contributed by atoms with Crippen LogP contribution < -0.4 is 5.32 Å². The summed E-state index contributed by atoms with van der Waals surface area (Å²) in [5.74, 6) is 0.0512. The average molecular weight is 115 g/mol. The summed E-state index contributed by atoms with van der Waals surface area (Å²) < 4.78 is 0. The maximum Gasteiger partial charge on any atom is 0.220 e. The molecule has 3 nitrogen and oxygen atoms in total. The van der Waals surface area contributed by atoms with E-state index in [0.717, 1.165) is 0 Å². The molecule has 46 valence electrons. The fraction of sp³-hybridized carbons (Fsp3) is 0.800. The number of β-amino-alcohol motifs (C(OH)–C–C–N with tert-alkyl or cyclic N) is 1. The number of carbonyl (C=O) groups excluding carboxylic acids is 1.